The molecule has 6 heteroatoms. The van der Waals surface area contributed by atoms with Crippen LogP contribution in [0.2, 0.25) is 0 Å². The van der Waals surface area contributed by atoms with E-state index in [0.717, 1.165) is 11.3 Å². The van der Waals surface area contributed by atoms with E-state index in [1.54, 1.807) is 11.8 Å². The van der Waals surface area contributed by atoms with Crippen LogP contribution in [-0.4, -0.2) is 34.8 Å². The van der Waals surface area contributed by atoms with Crippen molar-refractivity contribution in [1.29, 1.82) is 0 Å². The Morgan fingerprint density at radius 1 is 1.19 bits per heavy atom. The molecule has 0 bridgehead atoms. The SMILES string of the molecule is CC(=O)N1CCC(C(=O)Nc2nc(-c3ccc(C(C)C)cc3)cs2)CC1. The summed E-state index contributed by atoms with van der Waals surface area (Å²) < 4.78 is 0. The van der Waals surface area contributed by atoms with Crippen molar-refractivity contribution >= 4 is 28.3 Å². The molecule has 1 saturated heterocycles. The van der Waals surface area contributed by atoms with Crippen molar-refractivity contribution in [2.24, 2.45) is 5.92 Å². The van der Waals surface area contributed by atoms with Crippen LogP contribution in [0.4, 0.5) is 5.13 Å². The lowest BCUT2D eigenvalue weighted by atomic mass is 9.96. The van der Waals surface area contributed by atoms with Crippen LogP contribution in [0.15, 0.2) is 29.6 Å². The number of benzene rings is 1. The van der Waals surface area contributed by atoms with Crippen LogP contribution in [0.5, 0.6) is 0 Å². The molecule has 1 N–H and O–H groups in total. The highest BCUT2D eigenvalue weighted by molar-refractivity contribution is 7.14. The Balaban J connectivity index is 1.60. The number of likely N-dealkylation sites (tertiary alicyclic amines) is 1. The molecule has 1 aliphatic heterocycles. The lowest BCUT2D eigenvalue weighted by Crippen LogP contribution is -2.40. The summed E-state index contributed by atoms with van der Waals surface area (Å²) >= 11 is 1.45. The van der Waals surface area contributed by atoms with Gasteiger partial charge in [0.2, 0.25) is 11.8 Å². The number of hydrogen-bond donors (Lipinski definition) is 1. The zero-order valence-corrected chi connectivity index (χ0v) is 16.3. The maximum absolute atomic E-state index is 12.5. The van der Waals surface area contributed by atoms with Gasteiger partial charge in [-0.25, -0.2) is 4.98 Å². The number of carbonyl (C=O) groups is 2. The Morgan fingerprint density at radius 3 is 2.42 bits per heavy atom. The van der Waals surface area contributed by atoms with Crippen molar-refractivity contribution in [2.45, 2.75) is 39.5 Å². The van der Waals surface area contributed by atoms with E-state index in [2.05, 4.69) is 48.4 Å². The second kappa shape index (κ2) is 7.99. The van der Waals surface area contributed by atoms with E-state index >= 15 is 0 Å². The van der Waals surface area contributed by atoms with Gasteiger partial charge in [0, 0.05) is 36.9 Å². The number of nitrogens with zero attached hydrogens (tertiary/aromatic N) is 2. The van der Waals surface area contributed by atoms with Gasteiger partial charge in [-0.1, -0.05) is 38.1 Å². The van der Waals surface area contributed by atoms with E-state index in [1.165, 1.54) is 16.9 Å². The maximum Gasteiger partial charge on any atom is 0.229 e. The second-order valence-electron chi connectivity index (χ2n) is 7.08. The van der Waals surface area contributed by atoms with E-state index in [0.29, 0.717) is 37.0 Å². The molecule has 2 heterocycles. The first-order valence-electron chi connectivity index (χ1n) is 9.06. The van der Waals surface area contributed by atoms with Gasteiger partial charge in [0.25, 0.3) is 0 Å². The molecule has 0 atom stereocenters. The van der Waals surface area contributed by atoms with Crippen LogP contribution < -0.4 is 5.32 Å². The van der Waals surface area contributed by atoms with Crippen molar-refractivity contribution in [2.75, 3.05) is 18.4 Å². The maximum atomic E-state index is 12.5. The standard InChI is InChI=1S/C20H25N3O2S/c1-13(2)15-4-6-16(7-5-15)18-12-26-20(21-18)22-19(25)17-8-10-23(11-9-17)14(3)24/h4-7,12-13,17H,8-11H2,1-3H3,(H,21,22,25). The average molecular weight is 372 g/mol. The quantitative estimate of drug-likeness (QED) is 0.879. The largest absolute Gasteiger partial charge is 0.343 e. The predicted octanol–water partition coefficient (Wildman–Crippen LogP) is 4.13. The lowest BCUT2D eigenvalue weighted by Gasteiger charge is -2.30. The van der Waals surface area contributed by atoms with E-state index in [4.69, 9.17) is 0 Å². The van der Waals surface area contributed by atoms with Crippen LogP contribution >= 0.6 is 11.3 Å². The van der Waals surface area contributed by atoms with Crippen molar-refractivity contribution in [3.8, 4) is 11.3 Å². The normalized spacial score (nSPS) is 15.3. The fourth-order valence-electron chi connectivity index (χ4n) is 3.17. The van der Waals surface area contributed by atoms with Gasteiger partial charge in [-0.15, -0.1) is 11.3 Å². The summed E-state index contributed by atoms with van der Waals surface area (Å²) in [5, 5.41) is 5.54. The average Bonchev–Trinajstić information content (AvgIpc) is 3.10. The molecule has 0 saturated carbocycles. The third kappa shape index (κ3) is 4.30. The summed E-state index contributed by atoms with van der Waals surface area (Å²) in [6, 6.07) is 8.40. The van der Waals surface area contributed by atoms with Gasteiger partial charge in [-0.3, -0.25) is 9.59 Å². The highest BCUT2D eigenvalue weighted by Crippen LogP contribution is 2.27. The van der Waals surface area contributed by atoms with Gasteiger partial charge in [0.1, 0.15) is 0 Å². The van der Waals surface area contributed by atoms with Gasteiger partial charge in [0.15, 0.2) is 5.13 Å². The number of amides is 2. The van der Waals surface area contributed by atoms with Crippen molar-refractivity contribution in [3.05, 3.63) is 35.2 Å². The molecule has 1 aliphatic rings. The van der Waals surface area contributed by atoms with E-state index in [-0.39, 0.29) is 17.7 Å². The van der Waals surface area contributed by atoms with Gasteiger partial charge >= 0.3 is 0 Å². The molecule has 0 spiro atoms. The van der Waals surface area contributed by atoms with E-state index < -0.39 is 0 Å². The molecule has 0 aliphatic carbocycles. The first kappa shape index (κ1) is 18.6. The Labute approximate surface area is 158 Å². The molecular formula is C20H25N3O2S. The number of piperidine rings is 1. The molecule has 1 aromatic carbocycles. The molecule has 1 fully saturated rings. The highest BCUT2D eigenvalue weighted by Gasteiger charge is 2.26. The smallest absolute Gasteiger partial charge is 0.229 e. The molecule has 2 aromatic rings. The Bertz CT molecular complexity index is 775. The first-order valence-corrected chi connectivity index (χ1v) is 9.94. The molecule has 0 radical (unpaired) electrons. The number of carbonyl (C=O) groups excluding carboxylic acids is 2. The van der Waals surface area contributed by atoms with Crippen LogP contribution in [0, 0.1) is 5.92 Å². The number of rotatable bonds is 4. The summed E-state index contributed by atoms with van der Waals surface area (Å²) in [7, 11) is 0. The van der Waals surface area contributed by atoms with Gasteiger partial charge in [-0.2, -0.15) is 0 Å². The molecule has 1 aromatic heterocycles. The fraction of sp³-hybridized carbons (Fsp3) is 0.450. The lowest BCUT2D eigenvalue weighted by molar-refractivity contribution is -0.132. The third-order valence-electron chi connectivity index (χ3n) is 4.92. The highest BCUT2D eigenvalue weighted by atomic mass is 32.1. The minimum atomic E-state index is -0.0525. The van der Waals surface area contributed by atoms with Crippen LogP contribution in [0.1, 0.15) is 45.1 Å². The van der Waals surface area contributed by atoms with Gasteiger partial charge < -0.3 is 10.2 Å². The molecule has 26 heavy (non-hydrogen) atoms. The van der Waals surface area contributed by atoms with E-state index in [1.807, 2.05) is 5.38 Å². The Morgan fingerprint density at radius 2 is 1.85 bits per heavy atom. The zero-order valence-electron chi connectivity index (χ0n) is 15.5. The zero-order chi connectivity index (χ0) is 18.7. The molecule has 5 nitrogen and oxygen atoms in total. The summed E-state index contributed by atoms with van der Waals surface area (Å²) in [4.78, 5) is 30.2. The molecular weight excluding hydrogens is 346 g/mol. The first-order chi connectivity index (χ1) is 12.4. The van der Waals surface area contributed by atoms with Crippen molar-refractivity contribution in [3.63, 3.8) is 0 Å². The number of thiazole rings is 1. The van der Waals surface area contributed by atoms with Crippen LogP contribution in [-0.2, 0) is 9.59 Å². The topological polar surface area (TPSA) is 62.3 Å². The molecule has 0 unspecified atom stereocenters. The number of anilines is 1. The number of hydrogen-bond acceptors (Lipinski definition) is 4. The summed E-state index contributed by atoms with van der Waals surface area (Å²) in [5.41, 5.74) is 3.24. The van der Waals surface area contributed by atoms with E-state index in [9.17, 15) is 9.59 Å². The Kier molecular flexibility index (Phi) is 5.71. The number of nitrogens with one attached hydrogen (secondary N) is 1. The second-order valence-corrected chi connectivity index (χ2v) is 7.94. The fourth-order valence-corrected chi connectivity index (χ4v) is 3.89. The van der Waals surface area contributed by atoms with Crippen LogP contribution in [0.3, 0.4) is 0 Å². The third-order valence-corrected chi connectivity index (χ3v) is 5.68. The van der Waals surface area contributed by atoms with Crippen LogP contribution in [0.25, 0.3) is 11.3 Å². The number of aromatic nitrogens is 1. The van der Waals surface area contributed by atoms with Gasteiger partial charge in [0.05, 0.1) is 5.69 Å². The summed E-state index contributed by atoms with van der Waals surface area (Å²) in [6.45, 7) is 7.22. The Hall–Kier alpha value is -2.21. The van der Waals surface area contributed by atoms with Crippen molar-refractivity contribution in [1.82, 2.24) is 9.88 Å². The molecule has 2 amide bonds. The summed E-state index contributed by atoms with van der Waals surface area (Å²) in [6.07, 6.45) is 1.42. The minimum Gasteiger partial charge on any atom is -0.343 e. The van der Waals surface area contributed by atoms with Crippen molar-refractivity contribution < 1.29 is 9.59 Å². The summed E-state index contributed by atoms with van der Waals surface area (Å²) in [5.74, 6) is 0.535. The predicted molar refractivity (Wildman–Crippen MR) is 105 cm³/mol. The van der Waals surface area contributed by atoms with Gasteiger partial charge in [-0.05, 0) is 24.3 Å². The molecule has 138 valence electrons. The molecule has 3 rings (SSSR count). The monoisotopic (exact) mass is 371 g/mol. The minimum absolute atomic E-state index is 0.00394.